The Hall–Kier alpha value is -0.0700. The summed E-state index contributed by atoms with van der Waals surface area (Å²) in [5, 5.41) is 0. The zero-order valence-electron chi connectivity index (χ0n) is 9.77. The number of rotatable bonds is 2. The quantitative estimate of drug-likeness (QED) is 0.841. The minimum Gasteiger partial charge on any atom is -0.325 e. The third-order valence-corrected chi connectivity index (χ3v) is 5.22. The molecule has 6 heteroatoms. The van der Waals surface area contributed by atoms with Crippen LogP contribution in [0.4, 0.5) is 13.2 Å². The summed E-state index contributed by atoms with van der Waals surface area (Å²) < 4.78 is 38.8. The molecule has 0 bridgehead atoms. The van der Waals surface area contributed by atoms with E-state index in [1.165, 1.54) is 0 Å². The molecular formula is C12H15BrF3NS. The van der Waals surface area contributed by atoms with Crippen molar-refractivity contribution in [3.05, 3.63) is 20.8 Å². The van der Waals surface area contributed by atoms with Gasteiger partial charge in [-0.05, 0) is 60.2 Å². The van der Waals surface area contributed by atoms with Crippen molar-refractivity contribution < 1.29 is 13.2 Å². The first-order valence-corrected chi connectivity index (χ1v) is 7.49. The number of alkyl halides is 3. The second-order valence-corrected chi connectivity index (χ2v) is 7.61. The molecule has 1 aromatic heterocycles. The molecule has 1 nitrogen and oxygen atoms in total. The van der Waals surface area contributed by atoms with Crippen LogP contribution in [0.5, 0.6) is 0 Å². The van der Waals surface area contributed by atoms with Gasteiger partial charge in [-0.25, -0.2) is 0 Å². The van der Waals surface area contributed by atoms with Crippen molar-refractivity contribution in [3.63, 3.8) is 0 Å². The van der Waals surface area contributed by atoms with E-state index in [4.69, 9.17) is 5.73 Å². The van der Waals surface area contributed by atoms with Crippen LogP contribution in [0.15, 0.2) is 15.9 Å². The summed E-state index contributed by atoms with van der Waals surface area (Å²) >= 11 is 4.98. The Morgan fingerprint density at radius 2 is 1.94 bits per heavy atom. The Bertz CT molecular complexity index is 408. The van der Waals surface area contributed by atoms with Crippen LogP contribution in [0.3, 0.4) is 0 Å². The zero-order chi connectivity index (χ0) is 13.4. The Kier molecular flexibility index (Phi) is 4.09. The highest BCUT2D eigenvalue weighted by Crippen LogP contribution is 2.41. The Morgan fingerprint density at radius 3 is 2.39 bits per heavy atom. The number of hydrogen-bond acceptors (Lipinski definition) is 2. The minimum atomic E-state index is -4.06. The van der Waals surface area contributed by atoms with Gasteiger partial charge in [-0.2, -0.15) is 13.2 Å². The predicted molar refractivity (Wildman–Crippen MR) is 70.7 cm³/mol. The molecule has 0 radical (unpaired) electrons. The van der Waals surface area contributed by atoms with Crippen molar-refractivity contribution in [2.75, 3.05) is 0 Å². The molecule has 0 spiro atoms. The maximum Gasteiger partial charge on any atom is 0.391 e. The fraction of sp³-hybridized carbons (Fsp3) is 0.667. The summed E-state index contributed by atoms with van der Waals surface area (Å²) in [6, 6.07) is 3.93. The molecule has 0 aromatic carbocycles. The van der Waals surface area contributed by atoms with Crippen molar-refractivity contribution >= 4 is 27.3 Å². The van der Waals surface area contributed by atoms with Crippen LogP contribution in [-0.4, -0.2) is 11.7 Å². The molecule has 1 aliphatic rings. The fourth-order valence-corrected chi connectivity index (χ4v) is 4.13. The van der Waals surface area contributed by atoms with Crippen LogP contribution in [0.2, 0.25) is 0 Å². The molecule has 0 atom stereocenters. The topological polar surface area (TPSA) is 26.0 Å². The molecule has 102 valence electrons. The average molecular weight is 342 g/mol. The summed E-state index contributed by atoms with van der Waals surface area (Å²) in [5.41, 5.74) is 5.76. The van der Waals surface area contributed by atoms with E-state index in [9.17, 15) is 13.2 Å². The molecule has 1 fully saturated rings. The lowest BCUT2D eigenvalue weighted by Gasteiger charge is -2.37. The number of thiophene rings is 1. The van der Waals surface area contributed by atoms with E-state index in [0.717, 1.165) is 8.66 Å². The van der Waals surface area contributed by atoms with E-state index < -0.39 is 17.6 Å². The predicted octanol–water partition coefficient (Wildman–Crippen LogP) is 4.50. The Morgan fingerprint density at radius 1 is 1.33 bits per heavy atom. The minimum absolute atomic E-state index is 0.159. The lowest BCUT2D eigenvalue weighted by molar-refractivity contribution is -0.184. The summed E-state index contributed by atoms with van der Waals surface area (Å²) in [6.07, 6.45) is -2.17. The SMILES string of the molecule is NC1(Cc2ccc(Br)s2)CCC(C(F)(F)F)CC1. The molecule has 1 saturated carbocycles. The van der Waals surface area contributed by atoms with Gasteiger partial charge in [0.1, 0.15) is 0 Å². The van der Waals surface area contributed by atoms with Crippen molar-refractivity contribution in [1.82, 2.24) is 0 Å². The van der Waals surface area contributed by atoms with Crippen LogP contribution in [0, 0.1) is 5.92 Å². The molecule has 0 saturated heterocycles. The van der Waals surface area contributed by atoms with Gasteiger partial charge in [0.05, 0.1) is 9.70 Å². The van der Waals surface area contributed by atoms with Crippen LogP contribution < -0.4 is 5.73 Å². The van der Waals surface area contributed by atoms with Crippen LogP contribution in [0.1, 0.15) is 30.6 Å². The van der Waals surface area contributed by atoms with E-state index in [1.54, 1.807) is 11.3 Å². The number of hydrogen-bond donors (Lipinski definition) is 1. The molecule has 1 aromatic rings. The molecule has 2 N–H and O–H groups in total. The van der Waals surface area contributed by atoms with Gasteiger partial charge in [0.25, 0.3) is 0 Å². The molecule has 1 aliphatic carbocycles. The van der Waals surface area contributed by atoms with Crippen molar-refractivity contribution in [3.8, 4) is 0 Å². The fourth-order valence-electron chi connectivity index (χ4n) is 2.49. The van der Waals surface area contributed by atoms with Gasteiger partial charge in [0.2, 0.25) is 0 Å². The lowest BCUT2D eigenvalue weighted by Crippen LogP contribution is -2.47. The van der Waals surface area contributed by atoms with Crippen LogP contribution >= 0.6 is 27.3 Å². The number of nitrogens with two attached hydrogens (primary N) is 1. The first kappa shape index (κ1) is 14.3. The Balaban J connectivity index is 1.95. The monoisotopic (exact) mass is 341 g/mol. The molecule has 0 aliphatic heterocycles. The van der Waals surface area contributed by atoms with Crippen LogP contribution in [-0.2, 0) is 6.42 Å². The first-order chi connectivity index (χ1) is 8.28. The van der Waals surface area contributed by atoms with E-state index >= 15 is 0 Å². The summed E-state index contributed by atoms with van der Waals surface area (Å²) in [5.74, 6) is -1.16. The molecule has 1 heterocycles. The second kappa shape index (κ2) is 5.13. The van der Waals surface area contributed by atoms with Gasteiger partial charge in [-0.3, -0.25) is 0 Å². The van der Waals surface area contributed by atoms with Gasteiger partial charge in [-0.15, -0.1) is 11.3 Å². The smallest absolute Gasteiger partial charge is 0.325 e. The normalized spacial score (nSPS) is 29.5. The summed E-state index contributed by atoms with van der Waals surface area (Å²) in [7, 11) is 0. The molecule has 18 heavy (non-hydrogen) atoms. The molecule has 0 amide bonds. The standard InChI is InChI=1S/C12H15BrF3NS/c13-10-2-1-9(18-10)7-11(17)5-3-8(4-6-11)12(14,15)16/h1-2,8H,3-7,17H2. The maximum atomic E-state index is 12.6. The third-order valence-electron chi connectivity index (χ3n) is 3.60. The largest absolute Gasteiger partial charge is 0.391 e. The van der Waals surface area contributed by atoms with Gasteiger partial charge in [0.15, 0.2) is 0 Å². The van der Waals surface area contributed by atoms with E-state index in [1.807, 2.05) is 12.1 Å². The second-order valence-electron chi connectivity index (χ2n) is 5.06. The van der Waals surface area contributed by atoms with Gasteiger partial charge >= 0.3 is 6.18 Å². The highest BCUT2D eigenvalue weighted by atomic mass is 79.9. The average Bonchev–Trinajstić information content (AvgIpc) is 2.62. The first-order valence-electron chi connectivity index (χ1n) is 5.88. The number of halogens is 4. The Labute approximate surface area is 117 Å². The van der Waals surface area contributed by atoms with Gasteiger partial charge in [0, 0.05) is 10.4 Å². The van der Waals surface area contributed by atoms with Crippen molar-refractivity contribution in [2.24, 2.45) is 11.7 Å². The van der Waals surface area contributed by atoms with Crippen molar-refractivity contribution in [2.45, 2.75) is 43.8 Å². The zero-order valence-corrected chi connectivity index (χ0v) is 12.2. The lowest BCUT2D eigenvalue weighted by atomic mass is 9.75. The molecule has 2 rings (SSSR count). The highest BCUT2D eigenvalue weighted by Gasteiger charge is 2.44. The van der Waals surface area contributed by atoms with E-state index in [-0.39, 0.29) is 12.8 Å². The maximum absolute atomic E-state index is 12.6. The van der Waals surface area contributed by atoms with Gasteiger partial charge in [-0.1, -0.05) is 0 Å². The molecular weight excluding hydrogens is 327 g/mol. The summed E-state index contributed by atoms with van der Waals surface area (Å²) in [4.78, 5) is 1.13. The van der Waals surface area contributed by atoms with Crippen molar-refractivity contribution in [1.29, 1.82) is 0 Å². The highest BCUT2D eigenvalue weighted by molar-refractivity contribution is 9.11. The van der Waals surface area contributed by atoms with E-state index in [0.29, 0.717) is 19.3 Å². The molecule has 0 unspecified atom stereocenters. The van der Waals surface area contributed by atoms with Gasteiger partial charge < -0.3 is 5.73 Å². The summed E-state index contributed by atoms with van der Waals surface area (Å²) in [6.45, 7) is 0. The third kappa shape index (κ3) is 3.48. The van der Waals surface area contributed by atoms with E-state index in [2.05, 4.69) is 15.9 Å². The van der Waals surface area contributed by atoms with Crippen LogP contribution in [0.25, 0.3) is 0 Å².